The minimum absolute atomic E-state index is 0.0116. The lowest BCUT2D eigenvalue weighted by atomic mass is 9.90. The predicted molar refractivity (Wildman–Crippen MR) is 48.7 cm³/mol. The highest BCUT2D eigenvalue weighted by Gasteiger charge is 2.34. The second-order valence-corrected chi connectivity index (χ2v) is 3.54. The van der Waals surface area contributed by atoms with Gasteiger partial charge in [-0.2, -0.15) is 0 Å². The molecule has 0 aliphatic heterocycles. The van der Waals surface area contributed by atoms with Crippen LogP contribution in [-0.4, -0.2) is 16.5 Å². The van der Waals surface area contributed by atoms with Crippen LogP contribution in [0, 0.1) is 18.3 Å². The maximum absolute atomic E-state index is 11.3. The van der Waals surface area contributed by atoms with Gasteiger partial charge >= 0.3 is 0 Å². The summed E-state index contributed by atoms with van der Waals surface area (Å²) in [4.78, 5) is 11.3. The molecule has 2 aliphatic rings. The zero-order valence-corrected chi connectivity index (χ0v) is 7.16. The van der Waals surface area contributed by atoms with Crippen LogP contribution in [0.25, 0.3) is 0 Å². The average Bonchev–Trinajstić information content (AvgIpc) is 2.93. The number of hydrogen-bond acceptors (Lipinski definition) is 2. The van der Waals surface area contributed by atoms with E-state index in [0.717, 1.165) is 12.8 Å². The summed E-state index contributed by atoms with van der Waals surface area (Å²) in [5.41, 5.74) is -0.658. The van der Waals surface area contributed by atoms with E-state index >= 15 is 0 Å². The monoisotopic (exact) mass is 174 g/mol. The number of carbonyl (C=O) groups is 1. The molecule has 0 aromatic rings. The van der Waals surface area contributed by atoms with E-state index in [2.05, 4.69) is 5.92 Å². The number of terminal acetylenes is 1. The third-order valence-electron chi connectivity index (χ3n) is 2.40. The van der Waals surface area contributed by atoms with Crippen molar-refractivity contribution in [2.75, 3.05) is 0 Å². The summed E-state index contributed by atoms with van der Waals surface area (Å²) >= 11 is 0. The van der Waals surface area contributed by atoms with Crippen LogP contribution in [0.1, 0.15) is 12.8 Å². The molecule has 0 spiro atoms. The Hall–Kier alpha value is -1.33. The Morgan fingerprint density at radius 1 is 1.62 bits per heavy atom. The fourth-order valence-electron chi connectivity index (χ4n) is 1.46. The van der Waals surface area contributed by atoms with Gasteiger partial charge in [-0.3, -0.25) is 4.79 Å². The Kier molecular flexibility index (Phi) is 1.64. The first-order valence-electron chi connectivity index (χ1n) is 4.31. The lowest BCUT2D eigenvalue weighted by molar-refractivity contribution is -0.111. The van der Waals surface area contributed by atoms with E-state index in [1.54, 1.807) is 0 Å². The Morgan fingerprint density at radius 2 is 2.31 bits per heavy atom. The summed E-state index contributed by atoms with van der Waals surface area (Å²) in [6.07, 6.45) is 11.5. The van der Waals surface area contributed by atoms with Gasteiger partial charge in [0.25, 0.3) is 0 Å². The molecule has 2 rings (SSSR count). The van der Waals surface area contributed by atoms with E-state index in [1.807, 2.05) is 0 Å². The second-order valence-electron chi connectivity index (χ2n) is 3.54. The summed E-state index contributed by atoms with van der Waals surface area (Å²) in [6, 6.07) is 0. The first-order chi connectivity index (χ1) is 6.14. The lowest BCUT2D eigenvalue weighted by Gasteiger charge is -2.18. The summed E-state index contributed by atoms with van der Waals surface area (Å²) in [7, 11) is 0. The molecule has 2 nitrogen and oxygen atoms in total. The number of allylic oxidation sites excluding steroid dienone is 2. The van der Waals surface area contributed by atoms with Gasteiger partial charge in [0.1, 0.15) is 0 Å². The number of hydrogen-bond donors (Lipinski definition) is 1. The van der Waals surface area contributed by atoms with Crippen molar-refractivity contribution in [2.24, 2.45) is 5.92 Å². The van der Waals surface area contributed by atoms with Gasteiger partial charge in [0.05, 0.1) is 0 Å². The van der Waals surface area contributed by atoms with Gasteiger partial charge in [0.2, 0.25) is 0 Å². The van der Waals surface area contributed by atoms with E-state index in [0.29, 0.717) is 11.5 Å². The molecule has 1 unspecified atom stereocenters. The molecule has 0 aromatic carbocycles. The fraction of sp³-hybridized carbons (Fsp3) is 0.364. The van der Waals surface area contributed by atoms with Crippen molar-refractivity contribution < 1.29 is 9.90 Å². The standard InChI is InChI=1S/C11H10O2/c1-2-11(13)6-5-10(12)9(7-11)8-3-4-8/h1,5-8,13H,3-4H2. The van der Waals surface area contributed by atoms with Crippen molar-refractivity contribution in [3.63, 3.8) is 0 Å². The maximum Gasteiger partial charge on any atom is 0.181 e. The normalized spacial score (nSPS) is 32.6. The molecule has 1 atom stereocenters. The molecule has 2 heteroatoms. The molecular weight excluding hydrogens is 164 g/mol. The Balaban J connectivity index is 2.34. The molecule has 0 heterocycles. The third-order valence-corrected chi connectivity index (χ3v) is 2.40. The molecule has 1 saturated carbocycles. The highest BCUT2D eigenvalue weighted by molar-refractivity contribution is 6.06. The van der Waals surface area contributed by atoms with Crippen LogP contribution in [0.3, 0.4) is 0 Å². The highest BCUT2D eigenvalue weighted by atomic mass is 16.3. The van der Waals surface area contributed by atoms with Crippen LogP contribution in [-0.2, 0) is 4.79 Å². The van der Waals surface area contributed by atoms with Gasteiger partial charge in [-0.15, -0.1) is 6.42 Å². The van der Waals surface area contributed by atoms with Crippen molar-refractivity contribution in [3.05, 3.63) is 23.8 Å². The van der Waals surface area contributed by atoms with Crippen LogP contribution < -0.4 is 0 Å². The predicted octanol–water partition coefficient (Wildman–Crippen LogP) is 0.826. The molecule has 66 valence electrons. The first kappa shape index (κ1) is 8.28. The van der Waals surface area contributed by atoms with Gasteiger partial charge in [-0.1, -0.05) is 5.92 Å². The van der Waals surface area contributed by atoms with Gasteiger partial charge in [0, 0.05) is 5.57 Å². The molecule has 0 saturated heterocycles. The molecule has 13 heavy (non-hydrogen) atoms. The van der Waals surface area contributed by atoms with Crippen LogP contribution >= 0.6 is 0 Å². The molecular formula is C11H10O2. The van der Waals surface area contributed by atoms with Crippen molar-refractivity contribution in [1.82, 2.24) is 0 Å². The fourth-order valence-corrected chi connectivity index (χ4v) is 1.46. The maximum atomic E-state index is 11.3. The van der Waals surface area contributed by atoms with Gasteiger partial charge in [0.15, 0.2) is 11.4 Å². The zero-order valence-electron chi connectivity index (χ0n) is 7.16. The number of ketones is 1. The van der Waals surface area contributed by atoms with Gasteiger partial charge in [-0.05, 0) is 37.0 Å². The second kappa shape index (κ2) is 2.58. The quantitative estimate of drug-likeness (QED) is 0.598. The minimum Gasteiger partial charge on any atom is -0.370 e. The molecule has 1 N–H and O–H groups in total. The van der Waals surface area contributed by atoms with Gasteiger partial charge in [-0.25, -0.2) is 0 Å². The van der Waals surface area contributed by atoms with E-state index in [1.165, 1.54) is 18.2 Å². The molecule has 0 aromatic heterocycles. The Bertz CT molecular complexity index is 353. The topological polar surface area (TPSA) is 37.3 Å². The number of rotatable bonds is 1. The molecule has 0 bridgehead atoms. The molecule has 0 radical (unpaired) electrons. The Morgan fingerprint density at radius 3 is 2.85 bits per heavy atom. The number of aliphatic hydroxyl groups is 1. The summed E-state index contributed by atoms with van der Waals surface area (Å²) in [5, 5.41) is 9.69. The van der Waals surface area contributed by atoms with E-state index in [9.17, 15) is 9.90 Å². The summed E-state index contributed by atoms with van der Waals surface area (Å²) in [5.74, 6) is 2.57. The first-order valence-corrected chi connectivity index (χ1v) is 4.31. The van der Waals surface area contributed by atoms with Crippen molar-refractivity contribution in [1.29, 1.82) is 0 Å². The van der Waals surface area contributed by atoms with Crippen molar-refractivity contribution >= 4 is 5.78 Å². The summed E-state index contributed by atoms with van der Waals surface area (Å²) in [6.45, 7) is 0. The molecule has 1 fully saturated rings. The van der Waals surface area contributed by atoms with Crippen LogP contribution in [0.2, 0.25) is 0 Å². The minimum atomic E-state index is -1.34. The lowest BCUT2D eigenvalue weighted by Crippen LogP contribution is -2.26. The summed E-state index contributed by atoms with van der Waals surface area (Å²) < 4.78 is 0. The van der Waals surface area contributed by atoms with E-state index in [-0.39, 0.29) is 5.78 Å². The smallest absolute Gasteiger partial charge is 0.181 e. The molecule has 2 aliphatic carbocycles. The zero-order chi connectivity index (χ0) is 9.47. The van der Waals surface area contributed by atoms with Crippen molar-refractivity contribution in [2.45, 2.75) is 18.4 Å². The van der Waals surface area contributed by atoms with Crippen molar-refractivity contribution in [3.8, 4) is 12.3 Å². The van der Waals surface area contributed by atoms with Gasteiger partial charge < -0.3 is 5.11 Å². The van der Waals surface area contributed by atoms with Crippen LogP contribution in [0.5, 0.6) is 0 Å². The van der Waals surface area contributed by atoms with Crippen LogP contribution in [0.4, 0.5) is 0 Å². The third kappa shape index (κ3) is 1.43. The SMILES string of the molecule is C#CC1(O)C=CC(=O)C(C2CC2)=C1. The largest absolute Gasteiger partial charge is 0.370 e. The highest BCUT2D eigenvalue weighted by Crippen LogP contribution is 2.39. The Labute approximate surface area is 77.0 Å². The van der Waals surface area contributed by atoms with Crippen LogP contribution in [0.15, 0.2) is 23.8 Å². The number of carbonyl (C=O) groups excluding carboxylic acids is 1. The van der Waals surface area contributed by atoms with E-state index < -0.39 is 5.60 Å². The molecule has 0 amide bonds. The van der Waals surface area contributed by atoms with E-state index in [4.69, 9.17) is 6.42 Å². The average molecular weight is 174 g/mol.